The van der Waals surface area contributed by atoms with E-state index in [9.17, 15) is 10.2 Å². The number of hydrogen-bond acceptors (Lipinski definition) is 3. The van der Waals surface area contributed by atoms with Gasteiger partial charge in [-0.15, -0.1) is 0 Å². The normalized spacial score (nSPS) is 12.2. The average molecular weight is 279 g/mol. The van der Waals surface area contributed by atoms with Crippen LogP contribution in [0.3, 0.4) is 0 Å². The van der Waals surface area contributed by atoms with Crippen molar-refractivity contribution in [3.8, 4) is 5.75 Å². The van der Waals surface area contributed by atoms with Crippen LogP contribution in [0.1, 0.15) is 51.3 Å². The van der Waals surface area contributed by atoms with E-state index in [0.29, 0.717) is 12.2 Å². The SMILES string of the molecule is CCN(CC)Cc1cc(CCO)cc(C(C)(C)C)c1O. The highest BCUT2D eigenvalue weighted by molar-refractivity contribution is 5.47. The highest BCUT2D eigenvalue weighted by Gasteiger charge is 2.21. The Hall–Kier alpha value is -1.06. The van der Waals surface area contributed by atoms with Crippen LogP contribution in [0, 0.1) is 0 Å². The molecule has 0 saturated heterocycles. The predicted molar refractivity (Wildman–Crippen MR) is 84.2 cm³/mol. The third kappa shape index (κ3) is 4.22. The van der Waals surface area contributed by atoms with Crippen LogP contribution < -0.4 is 0 Å². The van der Waals surface area contributed by atoms with E-state index in [4.69, 9.17) is 0 Å². The Balaban J connectivity index is 3.24. The molecule has 114 valence electrons. The van der Waals surface area contributed by atoms with Gasteiger partial charge in [0.2, 0.25) is 0 Å². The quantitative estimate of drug-likeness (QED) is 0.841. The van der Waals surface area contributed by atoms with Crippen molar-refractivity contribution < 1.29 is 10.2 Å². The Morgan fingerprint density at radius 1 is 1.10 bits per heavy atom. The van der Waals surface area contributed by atoms with Crippen molar-refractivity contribution in [2.24, 2.45) is 0 Å². The fourth-order valence-corrected chi connectivity index (χ4v) is 2.41. The fourth-order valence-electron chi connectivity index (χ4n) is 2.41. The van der Waals surface area contributed by atoms with Crippen molar-refractivity contribution in [2.75, 3.05) is 19.7 Å². The number of phenolic OH excluding ortho intramolecular Hbond substituents is 1. The molecule has 0 amide bonds. The van der Waals surface area contributed by atoms with Gasteiger partial charge in [0.15, 0.2) is 0 Å². The van der Waals surface area contributed by atoms with Gasteiger partial charge in [-0.1, -0.05) is 46.8 Å². The third-order valence-electron chi connectivity index (χ3n) is 3.75. The van der Waals surface area contributed by atoms with E-state index in [2.05, 4.69) is 39.5 Å². The van der Waals surface area contributed by atoms with Gasteiger partial charge in [-0.05, 0) is 36.1 Å². The first-order valence-corrected chi connectivity index (χ1v) is 7.51. The molecule has 0 aromatic heterocycles. The molecule has 0 unspecified atom stereocenters. The van der Waals surface area contributed by atoms with E-state index in [1.807, 2.05) is 12.1 Å². The maximum atomic E-state index is 10.6. The molecule has 2 N–H and O–H groups in total. The standard InChI is InChI=1S/C17H29NO2/c1-6-18(7-2)12-14-10-13(8-9-19)11-15(16(14)20)17(3,4)5/h10-11,19-20H,6-9,12H2,1-5H3. The summed E-state index contributed by atoms with van der Waals surface area (Å²) in [6, 6.07) is 4.05. The largest absolute Gasteiger partial charge is 0.507 e. The van der Waals surface area contributed by atoms with Crippen LogP contribution in [0.25, 0.3) is 0 Å². The lowest BCUT2D eigenvalue weighted by Gasteiger charge is -2.25. The molecular weight excluding hydrogens is 250 g/mol. The van der Waals surface area contributed by atoms with Crippen molar-refractivity contribution in [3.05, 3.63) is 28.8 Å². The second-order valence-corrected chi connectivity index (χ2v) is 6.34. The fraction of sp³-hybridized carbons (Fsp3) is 0.647. The molecule has 1 aromatic rings. The summed E-state index contributed by atoms with van der Waals surface area (Å²) in [5, 5.41) is 19.7. The maximum Gasteiger partial charge on any atom is 0.123 e. The monoisotopic (exact) mass is 279 g/mol. The molecule has 0 spiro atoms. The molecule has 3 heteroatoms. The van der Waals surface area contributed by atoms with Gasteiger partial charge in [-0.2, -0.15) is 0 Å². The van der Waals surface area contributed by atoms with Gasteiger partial charge >= 0.3 is 0 Å². The van der Waals surface area contributed by atoms with Crippen molar-refractivity contribution in [2.45, 2.75) is 53.0 Å². The van der Waals surface area contributed by atoms with Crippen LogP contribution in [0.15, 0.2) is 12.1 Å². The van der Waals surface area contributed by atoms with E-state index in [0.717, 1.165) is 36.3 Å². The van der Waals surface area contributed by atoms with Crippen molar-refractivity contribution in [1.29, 1.82) is 0 Å². The summed E-state index contributed by atoms with van der Waals surface area (Å²) in [5.41, 5.74) is 2.92. The summed E-state index contributed by atoms with van der Waals surface area (Å²) in [7, 11) is 0. The minimum Gasteiger partial charge on any atom is -0.507 e. The molecule has 20 heavy (non-hydrogen) atoms. The smallest absolute Gasteiger partial charge is 0.123 e. The van der Waals surface area contributed by atoms with Gasteiger partial charge in [0.25, 0.3) is 0 Å². The van der Waals surface area contributed by atoms with Gasteiger partial charge in [-0.3, -0.25) is 4.90 Å². The molecule has 0 aliphatic carbocycles. The molecule has 1 aromatic carbocycles. The summed E-state index contributed by atoms with van der Waals surface area (Å²) in [6.45, 7) is 13.4. The van der Waals surface area contributed by atoms with E-state index >= 15 is 0 Å². The second-order valence-electron chi connectivity index (χ2n) is 6.34. The molecule has 3 nitrogen and oxygen atoms in total. The number of nitrogens with zero attached hydrogens (tertiary/aromatic N) is 1. The molecule has 0 radical (unpaired) electrons. The highest BCUT2D eigenvalue weighted by atomic mass is 16.3. The zero-order chi connectivity index (χ0) is 15.3. The van der Waals surface area contributed by atoms with E-state index in [1.54, 1.807) is 0 Å². The Labute approximate surface area is 123 Å². The van der Waals surface area contributed by atoms with Crippen molar-refractivity contribution in [1.82, 2.24) is 4.90 Å². The Bertz CT molecular complexity index is 431. The molecule has 0 fully saturated rings. The van der Waals surface area contributed by atoms with Crippen molar-refractivity contribution in [3.63, 3.8) is 0 Å². The summed E-state index contributed by atoms with van der Waals surface area (Å²) < 4.78 is 0. The van der Waals surface area contributed by atoms with Crippen LogP contribution in [-0.2, 0) is 18.4 Å². The highest BCUT2D eigenvalue weighted by Crippen LogP contribution is 2.35. The molecule has 0 bridgehead atoms. The predicted octanol–water partition coefficient (Wildman–Crippen LogP) is 3.07. The molecular formula is C17H29NO2. The lowest BCUT2D eigenvalue weighted by molar-refractivity contribution is 0.288. The first-order valence-electron chi connectivity index (χ1n) is 7.51. The lowest BCUT2D eigenvalue weighted by Crippen LogP contribution is -2.23. The molecule has 0 aliphatic heterocycles. The van der Waals surface area contributed by atoms with Crippen LogP contribution in [0.4, 0.5) is 0 Å². The zero-order valence-corrected chi connectivity index (χ0v) is 13.5. The van der Waals surface area contributed by atoms with Gasteiger partial charge < -0.3 is 10.2 Å². The average Bonchev–Trinajstić information content (AvgIpc) is 2.38. The number of aromatic hydroxyl groups is 1. The number of phenols is 1. The van der Waals surface area contributed by atoms with Gasteiger partial charge in [0.05, 0.1) is 0 Å². The summed E-state index contributed by atoms with van der Waals surface area (Å²) >= 11 is 0. The Morgan fingerprint density at radius 2 is 1.70 bits per heavy atom. The first-order chi connectivity index (χ1) is 9.33. The topological polar surface area (TPSA) is 43.7 Å². The molecule has 0 atom stereocenters. The van der Waals surface area contributed by atoms with Crippen LogP contribution in [0.5, 0.6) is 5.75 Å². The molecule has 0 saturated carbocycles. The van der Waals surface area contributed by atoms with Crippen LogP contribution >= 0.6 is 0 Å². The Kier molecular flexibility index (Phi) is 6.03. The van der Waals surface area contributed by atoms with Gasteiger partial charge in [0, 0.05) is 18.7 Å². The van der Waals surface area contributed by atoms with Crippen molar-refractivity contribution >= 4 is 0 Å². The van der Waals surface area contributed by atoms with E-state index in [1.165, 1.54) is 0 Å². The van der Waals surface area contributed by atoms with Crippen LogP contribution in [-0.4, -0.2) is 34.8 Å². The van der Waals surface area contributed by atoms with Crippen LogP contribution in [0.2, 0.25) is 0 Å². The lowest BCUT2D eigenvalue weighted by atomic mass is 9.83. The maximum absolute atomic E-state index is 10.6. The van der Waals surface area contributed by atoms with Gasteiger partial charge in [0.1, 0.15) is 5.75 Å². The third-order valence-corrected chi connectivity index (χ3v) is 3.75. The number of aliphatic hydroxyl groups excluding tert-OH is 1. The minimum absolute atomic E-state index is 0.104. The minimum atomic E-state index is -0.104. The second kappa shape index (κ2) is 7.09. The summed E-state index contributed by atoms with van der Waals surface area (Å²) in [4.78, 5) is 2.28. The summed E-state index contributed by atoms with van der Waals surface area (Å²) in [6.07, 6.45) is 0.634. The van der Waals surface area contributed by atoms with E-state index < -0.39 is 0 Å². The van der Waals surface area contributed by atoms with E-state index in [-0.39, 0.29) is 12.0 Å². The summed E-state index contributed by atoms with van der Waals surface area (Å²) in [5.74, 6) is 0.408. The molecule has 0 heterocycles. The first kappa shape index (κ1) is 17.0. The Morgan fingerprint density at radius 3 is 2.15 bits per heavy atom. The number of rotatable bonds is 6. The number of aliphatic hydroxyl groups is 1. The molecule has 1 rings (SSSR count). The molecule has 0 aliphatic rings. The number of hydrogen-bond donors (Lipinski definition) is 2. The zero-order valence-electron chi connectivity index (χ0n) is 13.5. The van der Waals surface area contributed by atoms with Gasteiger partial charge in [-0.25, -0.2) is 0 Å². The number of benzene rings is 1.